The third kappa shape index (κ3) is 2.31. The van der Waals surface area contributed by atoms with E-state index in [1.54, 1.807) is 0 Å². The zero-order valence-electron chi connectivity index (χ0n) is 11.1. The molecule has 0 bridgehead atoms. The fraction of sp³-hybridized carbons (Fsp3) is 0. The van der Waals surface area contributed by atoms with Gasteiger partial charge in [0.1, 0.15) is 17.3 Å². The minimum Gasteiger partial charge on any atom is -0.508 e. The Labute approximate surface area is 123 Å². The Morgan fingerprint density at radius 2 is 1.82 bits per heavy atom. The van der Waals surface area contributed by atoms with Gasteiger partial charge >= 0.3 is 5.97 Å². The van der Waals surface area contributed by atoms with Gasteiger partial charge in [-0.1, -0.05) is 0 Å². The second-order valence-corrected chi connectivity index (χ2v) is 4.72. The molecule has 6 heteroatoms. The lowest BCUT2D eigenvalue weighted by molar-refractivity contribution is 0.0699. The lowest BCUT2D eigenvalue weighted by atomic mass is 10.0. The van der Waals surface area contributed by atoms with Crippen molar-refractivity contribution in [2.45, 2.75) is 0 Å². The molecular formula is C16H10FNO4. The van der Waals surface area contributed by atoms with Gasteiger partial charge in [-0.15, -0.1) is 0 Å². The summed E-state index contributed by atoms with van der Waals surface area (Å²) >= 11 is 0. The van der Waals surface area contributed by atoms with Crippen LogP contribution in [0.25, 0.3) is 22.2 Å². The number of phenols is 2. The Bertz CT molecular complexity index is 908. The highest BCUT2D eigenvalue weighted by molar-refractivity contribution is 6.03. The van der Waals surface area contributed by atoms with Gasteiger partial charge in [0.25, 0.3) is 0 Å². The summed E-state index contributed by atoms with van der Waals surface area (Å²) in [7, 11) is 0. The first-order valence-corrected chi connectivity index (χ1v) is 6.31. The highest BCUT2D eigenvalue weighted by Crippen LogP contribution is 2.33. The number of pyridine rings is 1. The number of carboxylic acids is 1. The van der Waals surface area contributed by atoms with Gasteiger partial charge in [-0.3, -0.25) is 0 Å². The predicted molar refractivity (Wildman–Crippen MR) is 77.4 cm³/mol. The maximum Gasteiger partial charge on any atom is 0.336 e. The SMILES string of the molecule is O=C(O)c1cc(-c2ccc(O)cc2O)nc2ccc(F)cc12. The first-order valence-electron chi connectivity index (χ1n) is 6.31. The van der Waals surface area contributed by atoms with Gasteiger partial charge in [0.05, 0.1) is 16.8 Å². The fourth-order valence-corrected chi connectivity index (χ4v) is 2.25. The molecule has 0 saturated carbocycles. The van der Waals surface area contributed by atoms with Crippen LogP contribution in [0.15, 0.2) is 42.5 Å². The Kier molecular flexibility index (Phi) is 3.14. The minimum absolute atomic E-state index is 0.119. The highest BCUT2D eigenvalue weighted by atomic mass is 19.1. The van der Waals surface area contributed by atoms with Gasteiger partial charge < -0.3 is 15.3 Å². The molecule has 0 aliphatic heterocycles. The van der Waals surface area contributed by atoms with Gasteiger partial charge in [0, 0.05) is 17.0 Å². The van der Waals surface area contributed by atoms with Crippen molar-refractivity contribution < 1.29 is 24.5 Å². The lowest BCUT2D eigenvalue weighted by Gasteiger charge is -2.09. The summed E-state index contributed by atoms with van der Waals surface area (Å²) in [6, 6.07) is 8.83. The number of aromatic hydroxyl groups is 2. The molecule has 1 aromatic heterocycles. The molecule has 0 aliphatic rings. The number of aromatic carboxylic acids is 1. The topological polar surface area (TPSA) is 90.7 Å². The van der Waals surface area contributed by atoms with Crippen LogP contribution in [-0.4, -0.2) is 26.3 Å². The second kappa shape index (κ2) is 5.00. The minimum atomic E-state index is -1.22. The van der Waals surface area contributed by atoms with Crippen molar-refractivity contribution in [1.82, 2.24) is 4.98 Å². The van der Waals surface area contributed by atoms with Gasteiger partial charge in [-0.25, -0.2) is 14.2 Å². The first-order chi connectivity index (χ1) is 10.5. The average Bonchev–Trinajstić information content (AvgIpc) is 2.46. The van der Waals surface area contributed by atoms with Crippen molar-refractivity contribution in [1.29, 1.82) is 0 Å². The van der Waals surface area contributed by atoms with Crippen molar-refractivity contribution in [3.05, 3.63) is 53.8 Å². The van der Waals surface area contributed by atoms with Crippen LogP contribution < -0.4 is 0 Å². The summed E-state index contributed by atoms with van der Waals surface area (Å²) in [5.74, 6) is -2.14. The Balaban J connectivity index is 2.32. The maximum absolute atomic E-state index is 13.3. The molecular weight excluding hydrogens is 289 g/mol. The van der Waals surface area contributed by atoms with Crippen LogP contribution in [-0.2, 0) is 0 Å². The van der Waals surface area contributed by atoms with E-state index in [2.05, 4.69) is 4.98 Å². The van der Waals surface area contributed by atoms with Crippen LogP contribution in [0.5, 0.6) is 11.5 Å². The predicted octanol–water partition coefficient (Wildman–Crippen LogP) is 3.15. The number of benzene rings is 2. The molecule has 0 saturated heterocycles. The molecule has 0 amide bonds. The average molecular weight is 299 g/mol. The Hall–Kier alpha value is -3.15. The first kappa shape index (κ1) is 13.8. The van der Waals surface area contributed by atoms with Crippen LogP contribution in [0.1, 0.15) is 10.4 Å². The third-order valence-electron chi connectivity index (χ3n) is 3.26. The zero-order valence-corrected chi connectivity index (χ0v) is 11.1. The molecule has 0 unspecified atom stereocenters. The molecule has 110 valence electrons. The molecule has 0 radical (unpaired) electrons. The molecule has 2 aromatic carbocycles. The van der Waals surface area contributed by atoms with E-state index in [0.29, 0.717) is 5.52 Å². The van der Waals surface area contributed by atoms with Crippen LogP contribution in [0.2, 0.25) is 0 Å². The van der Waals surface area contributed by atoms with Crippen molar-refractivity contribution in [2.24, 2.45) is 0 Å². The molecule has 3 aromatic rings. The standard InChI is InChI=1S/C16H10FNO4/c17-8-1-4-13-11(5-8)12(16(21)22)7-14(18-13)10-3-2-9(19)6-15(10)20/h1-7,19-20H,(H,21,22). The molecule has 1 heterocycles. The summed E-state index contributed by atoms with van der Waals surface area (Å²) in [5.41, 5.74) is 0.663. The van der Waals surface area contributed by atoms with Gasteiger partial charge in [0.15, 0.2) is 0 Å². The van der Waals surface area contributed by atoms with Crippen molar-refractivity contribution in [3.8, 4) is 22.8 Å². The molecule has 0 aliphatic carbocycles. The van der Waals surface area contributed by atoms with Crippen molar-refractivity contribution in [3.63, 3.8) is 0 Å². The number of fused-ring (bicyclic) bond motifs is 1. The normalized spacial score (nSPS) is 10.8. The van der Waals surface area contributed by atoms with Gasteiger partial charge in [-0.2, -0.15) is 0 Å². The van der Waals surface area contributed by atoms with Crippen LogP contribution in [0.4, 0.5) is 4.39 Å². The number of aromatic nitrogens is 1. The van der Waals surface area contributed by atoms with E-state index in [4.69, 9.17) is 0 Å². The summed E-state index contributed by atoms with van der Waals surface area (Å²) in [6.45, 7) is 0. The fourth-order valence-electron chi connectivity index (χ4n) is 2.25. The number of carboxylic acid groups (broad SMARTS) is 1. The monoisotopic (exact) mass is 299 g/mol. The lowest BCUT2D eigenvalue weighted by Crippen LogP contribution is -2.00. The molecule has 22 heavy (non-hydrogen) atoms. The molecule has 0 spiro atoms. The third-order valence-corrected chi connectivity index (χ3v) is 3.26. The van der Waals surface area contributed by atoms with Crippen LogP contribution >= 0.6 is 0 Å². The van der Waals surface area contributed by atoms with Crippen molar-refractivity contribution in [2.75, 3.05) is 0 Å². The Morgan fingerprint density at radius 1 is 1.05 bits per heavy atom. The largest absolute Gasteiger partial charge is 0.508 e. The molecule has 0 fully saturated rings. The van der Waals surface area contributed by atoms with E-state index in [-0.39, 0.29) is 33.7 Å². The second-order valence-electron chi connectivity index (χ2n) is 4.72. The Morgan fingerprint density at radius 3 is 2.50 bits per heavy atom. The molecule has 3 rings (SSSR count). The number of hydrogen-bond acceptors (Lipinski definition) is 4. The number of carbonyl (C=O) groups is 1. The smallest absolute Gasteiger partial charge is 0.336 e. The van der Waals surface area contributed by atoms with E-state index in [1.807, 2.05) is 0 Å². The van der Waals surface area contributed by atoms with E-state index in [0.717, 1.165) is 12.1 Å². The van der Waals surface area contributed by atoms with E-state index in [9.17, 15) is 24.5 Å². The van der Waals surface area contributed by atoms with E-state index >= 15 is 0 Å². The number of nitrogens with zero attached hydrogens (tertiary/aromatic N) is 1. The number of rotatable bonds is 2. The number of hydrogen-bond donors (Lipinski definition) is 3. The maximum atomic E-state index is 13.3. The molecule has 0 atom stereocenters. The van der Waals surface area contributed by atoms with E-state index in [1.165, 1.54) is 30.3 Å². The number of halogens is 1. The van der Waals surface area contributed by atoms with E-state index < -0.39 is 11.8 Å². The quantitative estimate of drug-likeness (QED) is 0.676. The van der Waals surface area contributed by atoms with Crippen LogP contribution in [0.3, 0.4) is 0 Å². The van der Waals surface area contributed by atoms with Crippen LogP contribution in [0, 0.1) is 5.82 Å². The van der Waals surface area contributed by atoms with Gasteiger partial charge in [0.2, 0.25) is 0 Å². The van der Waals surface area contributed by atoms with Gasteiger partial charge in [-0.05, 0) is 36.4 Å². The summed E-state index contributed by atoms with van der Waals surface area (Å²) in [5, 5.41) is 28.7. The summed E-state index contributed by atoms with van der Waals surface area (Å²) < 4.78 is 13.3. The zero-order chi connectivity index (χ0) is 15.9. The molecule has 5 nitrogen and oxygen atoms in total. The summed E-state index contributed by atoms with van der Waals surface area (Å²) in [6.07, 6.45) is 0. The number of phenolic OH excluding ortho intramolecular Hbond substituents is 2. The molecule has 3 N–H and O–H groups in total. The highest BCUT2D eigenvalue weighted by Gasteiger charge is 2.15. The summed E-state index contributed by atoms with van der Waals surface area (Å²) in [4.78, 5) is 15.6. The van der Waals surface area contributed by atoms with Crippen molar-refractivity contribution >= 4 is 16.9 Å².